The maximum Gasteiger partial charge on any atom is 0.278 e. The molecule has 0 radical (unpaired) electrons. The maximum atomic E-state index is 14.4. The lowest BCUT2D eigenvalue weighted by molar-refractivity contribution is -0.154. The van der Waals surface area contributed by atoms with Crippen LogP contribution in [0.1, 0.15) is 6.92 Å². The fraction of sp³-hybridized carbons (Fsp3) is 0.174. The monoisotopic (exact) mass is 477 g/mol. The lowest BCUT2D eigenvalue weighted by Crippen LogP contribution is -2.59. The van der Waals surface area contributed by atoms with Gasteiger partial charge in [-0.15, -0.1) is 0 Å². The molecule has 0 unspecified atom stereocenters. The van der Waals surface area contributed by atoms with Crippen molar-refractivity contribution in [1.82, 2.24) is 14.9 Å². The van der Waals surface area contributed by atoms with Crippen molar-refractivity contribution in [2.75, 3.05) is 34.9 Å². The van der Waals surface area contributed by atoms with Gasteiger partial charge in [0.25, 0.3) is 17.4 Å². The van der Waals surface area contributed by atoms with E-state index >= 15 is 0 Å². The molecule has 0 spiro atoms. The summed E-state index contributed by atoms with van der Waals surface area (Å²) < 4.78 is 20.2. The Morgan fingerprint density at radius 2 is 1.74 bits per heavy atom. The molecule has 4 aliphatic heterocycles. The van der Waals surface area contributed by atoms with Gasteiger partial charge >= 0.3 is 0 Å². The fourth-order valence-corrected chi connectivity index (χ4v) is 3.75. The first-order chi connectivity index (χ1) is 16.7. The number of amides is 3. The highest BCUT2D eigenvalue weighted by molar-refractivity contribution is 6.16. The van der Waals surface area contributed by atoms with Crippen LogP contribution in [0.3, 0.4) is 0 Å². The highest BCUT2D eigenvalue weighted by atomic mass is 19.1. The second-order valence-corrected chi connectivity index (χ2v) is 8.23. The van der Waals surface area contributed by atoms with Gasteiger partial charge in [0.15, 0.2) is 11.6 Å². The number of carbonyl (C=O) groups excluding carboxylic acids is 3. The van der Waals surface area contributed by atoms with E-state index in [0.29, 0.717) is 17.1 Å². The van der Waals surface area contributed by atoms with Crippen LogP contribution >= 0.6 is 0 Å². The predicted molar refractivity (Wildman–Crippen MR) is 125 cm³/mol. The summed E-state index contributed by atoms with van der Waals surface area (Å²) in [5.41, 5.74) is -0.204. The Balaban J connectivity index is 1.58. The summed E-state index contributed by atoms with van der Waals surface area (Å²) in [6, 6.07) is 11.4. The third-order valence-corrected chi connectivity index (χ3v) is 5.52. The molecule has 4 N–H and O–H groups in total. The molecule has 4 aliphatic rings. The van der Waals surface area contributed by atoms with Crippen molar-refractivity contribution in [2.24, 2.45) is 0 Å². The van der Waals surface area contributed by atoms with E-state index in [4.69, 9.17) is 4.74 Å². The van der Waals surface area contributed by atoms with Crippen LogP contribution < -0.4 is 26.0 Å². The van der Waals surface area contributed by atoms with Crippen molar-refractivity contribution in [2.45, 2.75) is 12.5 Å². The Morgan fingerprint density at radius 1 is 1.00 bits per heavy atom. The van der Waals surface area contributed by atoms with Gasteiger partial charge < -0.3 is 30.9 Å². The molecule has 0 saturated heterocycles. The number of rotatable bonds is 0. The molecule has 0 saturated carbocycles. The lowest BCUT2D eigenvalue weighted by atomic mass is 10.0. The highest BCUT2D eigenvalue weighted by Crippen LogP contribution is 2.37. The largest absolute Gasteiger partial charge is 0.466 e. The van der Waals surface area contributed by atoms with Crippen LogP contribution in [-0.2, 0) is 14.4 Å². The summed E-state index contributed by atoms with van der Waals surface area (Å²) in [6.45, 7) is 1.02. The first-order valence-electron chi connectivity index (χ1n) is 10.6. The van der Waals surface area contributed by atoms with E-state index < -0.39 is 29.1 Å². The van der Waals surface area contributed by atoms with Crippen molar-refractivity contribution in [1.29, 1.82) is 0 Å². The molecule has 3 amide bonds. The van der Waals surface area contributed by atoms with E-state index in [1.54, 1.807) is 30.3 Å². The molecule has 8 bridgehead atoms. The minimum Gasteiger partial charge on any atom is -0.466 e. The second kappa shape index (κ2) is 8.24. The molecular formula is C23H20FN7O4. The third-order valence-electron chi connectivity index (χ3n) is 5.52. The van der Waals surface area contributed by atoms with Gasteiger partial charge in [-0.25, -0.2) is 9.37 Å². The summed E-state index contributed by atoms with van der Waals surface area (Å²) in [5.74, 6) is -2.32. The number of likely N-dealkylation sites (N-methyl/N-ethyl adjacent to an activating group) is 1. The molecule has 1 aromatic heterocycles. The van der Waals surface area contributed by atoms with Crippen LogP contribution in [0.25, 0.3) is 0 Å². The lowest BCUT2D eigenvalue weighted by Gasteiger charge is -2.35. The average molecular weight is 477 g/mol. The van der Waals surface area contributed by atoms with Gasteiger partial charge in [-0.2, -0.15) is 4.98 Å². The molecule has 12 heteroatoms. The van der Waals surface area contributed by atoms with Crippen molar-refractivity contribution >= 4 is 52.2 Å². The van der Waals surface area contributed by atoms with Crippen LogP contribution in [0.2, 0.25) is 0 Å². The first kappa shape index (κ1) is 22.1. The molecule has 3 aromatic rings. The zero-order chi connectivity index (χ0) is 24.7. The zero-order valence-corrected chi connectivity index (χ0v) is 18.7. The molecule has 5 heterocycles. The summed E-state index contributed by atoms with van der Waals surface area (Å²) in [5, 5.41) is 11.2. The highest BCUT2D eigenvalue weighted by Gasteiger charge is 2.49. The molecule has 7 rings (SSSR count). The van der Waals surface area contributed by atoms with Gasteiger partial charge in [0.05, 0.1) is 18.4 Å². The fourth-order valence-electron chi connectivity index (χ4n) is 3.75. The van der Waals surface area contributed by atoms with Crippen LogP contribution in [0.15, 0.2) is 48.7 Å². The van der Waals surface area contributed by atoms with Gasteiger partial charge in [0.2, 0.25) is 11.9 Å². The van der Waals surface area contributed by atoms with Gasteiger partial charge in [-0.05, 0) is 43.3 Å². The molecule has 0 aliphatic carbocycles. The minimum atomic E-state index is -1.89. The standard InChI is InChI=1S/C23H20FN7O4/c1-23-20(33)29-16-9-14(6-7-17(16)35-23)27-19-15(24)10-25-22(30-19)28-13-5-3-4-12(8-13)26-18(32)11-31(2)21(23)34/h3-10H,11H2,1-2H3,(H,26,32)(H,29,33)(H2,25,27,28,30)/t23-/m1/s1. The van der Waals surface area contributed by atoms with Crippen molar-refractivity contribution in [3.8, 4) is 5.75 Å². The molecule has 178 valence electrons. The van der Waals surface area contributed by atoms with Gasteiger partial charge in [0.1, 0.15) is 5.75 Å². The third kappa shape index (κ3) is 4.16. The number of fused-ring (bicyclic) bond motifs is 2. The van der Waals surface area contributed by atoms with E-state index in [1.807, 2.05) is 0 Å². The van der Waals surface area contributed by atoms with E-state index in [2.05, 4.69) is 31.2 Å². The first-order valence-corrected chi connectivity index (χ1v) is 10.6. The number of halogens is 1. The normalized spacial score (nSPS) is 19.4. The number of ether oxygens (including phenoxy) is 1. The number of hydrogen-bond donors (Lipinski definition) is 4. The predicted octanol–water partition coefficient (Wildman–Crippen LogP) is 2.60. The second-order valence-electron chi connectivity index (χ2n) is 8.23. The summed E-state index contributed by atoms with van der Waals surface area (Å²) in [6.07, 6.45) is 1.02. The number of benzene rings is 2. The summed E-state index contributed by atoms with van der Waals surface area (Å²) in [7, 11) is 1.41. The van der Waals surface area contributed by atoms with E-state index in [-0.39, 0.29) is 29.7 Å². The number of nitrogens with zero attached hydrogens (tertiary/aromatic N) is 3. The summed E-state index contributed by atoms with van der Waals surface area (Å²) in [4.78, 5) is 47.9. The number of aromatic nitrogens is 2. The van der Waals surface area contributed by atoms with Crippen LogP contribution in [-0.4, -0.2) is 51.8 Å². The minimum absolute atomic E-state index is 0.102. The van der Waals surface area contributed by atoms with E-state index in [1.165, 1.54) is 26.1 Å². The maximum absolute atomic E-state index is 14.4. The molecule has 35 heavy (non-hydrogen) atoms. The molecule has 2 aromatic carbocycles. The van der Waals surface area contributed by atoms with Crippen LogP contribution in [0.4, 0.5) is 38.9 Å². The van der Waals surface area contributed by atoms with Gasteiger partial charge in [0, 0.05) is 24.1 Å². The zero-order valence-electron chi connectivity index (χ0n) is 18.7. The Labute approximate surface area is 198 Å². The van der Waals surface area contributed by atoms with Crippen molar-refractivity contribution in [3.05, 3.63) is 54.5 Å². The summed E-state index contributed by atoms with van der Waals surface area (Å²) >= 11 is 0. The van der Waals surface area contributed by atoms with Crippen LogP contribution in [0, 0.1) is 5.82 Å². The number of nitrogens with one attached hydrogen (secondary N) is 4. The van der Waals surface area contributed by atoms with Gasteiger partial charge in [-0.3, -0.25) is 14.4 Å². The molecule has 0 fully saturated rings. The molecule has 1 atom stereocenters. The smallest absolute Gasteiger partial charge is 0.278 e. The van der Waals surface area contributed by atoms with E-state index in [0.717, 1.165) is 11.1 Å². The topological polar surface area (TPSA) is 138 Å². The number of carbonyl (C=O) groups is 3. The molecule has 11 nitrogen and oxygen atoms in total. The van der Waals surface area contributed by atoms with Crippen molar-refractivity contribution in [3.63, 3.8) is 0 Å². The number of hydrogen-bond acceptors (Lipinski definition) is 8. The average Bonchev–Trinajstić information content (AvgIpc) is 2.81. The Hall–Kier alpha value is -4.74. The Bertz CT molecular complexity index is 1380. The van der Waals surface area contributed by atoms with Crippen molar-refractivity contribution < 1.29 is 23.5 Å². The Morgan fingerprint density at radius 3 is 2.54 bits per heavy atom. The quantitative estimate of drug-likeness (QED) is 0.363. The molecular weight excluding hydrogens is 457 g/mol. The SMILES string of the molecule is CN1CC(=O)Nc2cccc(c2)Nc2ncc(F)c(n2)Nc2ccc3c(c2)NC(=O)[C@@](C)(O3)C1=O. The van der Waals surface area contributed by atoms with Gasteiger partial charge in [-0.1, -0.05) is 6.07 Å². The Kier molecular flexibility index (Phi) is 5.20. The van der Waals surface area contributed by atoms with Crippen LogP contribution in [0.5, 0.6) is 5.75 Å². The number of anilines is 6. The van der Waals surface area contributed by atoms with E-state index in [9.17, 15) is 18.8 Å².